The number of hydrogen-bond donors (Lipinski definition) is 0. The van der Waals surface area contributed by atoms with Crippen LogP contribution < -0.4 is 9.47 Å². The van der Waals surface area contributed by atoms with Crippen molar-refractivity contribution in [3.63, 3.8) is 0 Å². The van der Waals surface area contributed by atoms with E-state index in [1.165, 1.54) is 6.42 Å². The van der Waals surface area contributed by atoms with Gasteiger partial charge in [-0.25, -0.2) is 0 Å². The van der Waals surface area contributed by atoms with Crippen LogP contribution in [-0.4, -0.2) is 37.6 Å². The minimum absolute atomic E-state index is 0.316. The maximum Gasteiger partial charge on any atom is 0.233 e. The van der Waals surface area contributed by atoms with Crippen molar-refractivity contribution < 1.29 is 14.3 Å². The van der Waals surface area contributed by atoms with Crippen LogP contribution in [-0.2, 0) is 10.2 Å². The van der Waals surface area contributed by atoms with Crippen molar-refractivity contribution in [1.82, 2.24) is 4.90 Å². The molecule has 0 N–H and O–H groups in total. The molecule has 1 amide bonds. The molecule has 1 aromatic carbocycles. The van der Waals surface area contributed by atoms with Crippen LogP contribution >= 0.6 is 0 Å². The highest BCUT2D eigenvalue weighted by atomic mass is 16.5. The SMILES string of the molecule is CCC1CCCCN1C(=O)C1(c2ccc(OC)c(OC)c2)CC1. The zero-order valence-electron chi connectivity index (χ0n) is 14.4. The Bertz CT molecular complexity index is 580. The average Bonchev–Trinajstić information content (AvgIpc) is 3.42. The number of piperidine rings is 1. The minimum atomic E-state index is -0.329. The third-order valence-electron chi connectivity index (χ3n) is 5.45. The van der Waals surface area contributed by atoms with E-state index in [0.29, 0.717) is 23.4 Å². The summed E-state index contributed by atoms with van der Waals surface area (Å²) in [7, 11) is 3.27. The molecule has 1 unspecified atom stereocenters. The second kappa shape index (κ2) is 6.42. The second-order valence-corrected chi connectivity index (χ2v) is 6.71. The van der Waals surface area contributed by atoms with Gasteiger partial charge in [0.05, 0.1) is 19.6 Å². The van der Waals surface area contributed by atoms with Crippen molar-refractivity contribution in [2.75, 3.05) is 20.8 Å². The van der Waals surface area contributed by atoms with Crippen LogP contribution in [0, 0.1) is 0 Å². The van der Waals surface area contributed by atoms with E-state index < -0.39 is 0 Å². The van der Waals surface area contributed by atoms with Gasteiger partial charge in [0.15, 0.2) is 11.5 Å². The fraction of sp³-hybridized carbons (Fsp3) is 0.632. The smallest absolute Gasteiger partial charge is 0.233 e. The fourth-order valence-electron chi connectivity index (χ4n) is 3.85. The van der Waals surface area contributed by atoms with Crippen molar-refractivity contribution in [2.45, 2.75) is 56.9 Å². The molecule has 4 nitrogen and oxygen atoms in total. The van der Waals surface area contributed by atoms with Gasteiger partial charge in [-0.1, -0.05) is 13.0 Å². The molecule has 1 heterocycles. The number of carbonyl (C=O) groups is 1. The first-order valence-electron chi connectivity index (χ1n) is 8.70. The summed E-state index contributed by atoms with van der Waals surface area (Å²) in [6.07, 6.45) is 6.44. The molecular weight excluding hydrogens is 290 g/mol. The van der Waals surface area contributed by atoms with Crippen LogP contribution in [0.15, 0.2) is 18.2 Å². The molecule has 1 saturated heterocycles. The molecule has 126 valence electrons. The number of likely N-dealkylation sites (tertiary alicyclic amines) is 1. The van der Waals surface area contributed by atoms with E-state index in [1.54, 1.807) is 14.2 Å². The molecule has 23 heavy (non-hydrogen) atoms. The van der Waals surface area contributed by atoms with Gasteiger partial charge in [-0.2, -0.15) is 0 Å². The Hall–Kier alpha value is -1.71. The van der Waals surface area contributed by atoms with Crippen LogP contribution in [0.2, 0.25) is 0 Å². The third-order valence-corrected chi connectivity index (χ3v) is 5.45. The number of benzene rings is 1. The molecule has 0 spiro atoms. The first kappa shape index (κ1) is 16.2. The molecule has 2 aliphatic rings. The molecule has 0 radical (unpaired) electrons. The second-order valence-electron chi connectivity index (χ2n) is 6.71. The number of rotatable bonds is 5. The Balaban J connectivity index is 1.88. The average molecular weight is 317 g/mol. The number of carbonyl (C=O) groups excluding carboxylic acids is 1. The number of methoxy groups -OCH3 is 2. The molecule has 1 aliphatic carbocycles. The van der Waals surface area contributed by atoms with Gasteiger partial charge in [0, 0.05) is 12.6 Å². The zero-order valence-corrected chi connectivity index (χ0v) is 14.4. The summed E-state index contributed by atoms with van der Waals surface area (Å²) in [6.45, 7) is 3.10. The van der Waals surface area contributed by atoms with Gasteiger partial charge in [-0.3, -0.25) is 4.79 Å². The van der Waals surface area contributed by atoms with E-state index in [4.69, 9.17) is 9.47 Å². The summed E-state index contributed by atoms with van der Waals surface area (Å²) in [6, 6.07) is 6.33. The monoisotopic (exact) mass is 317 g/mol. The highest BCUT2D eigenvalue weighted by Gasteiger charge is 2.54. The maximum atomic E-state index is 13.3. The Morgan fingerprint density at radius 1 is 1.22 bits per heavy atom. The van der Waals surface area contributed by atoms with E-state index in [1.807, 2.05) is 18.2 Å². The van der Waals surface area contributed by atoms with Crippen LogP contribution in [0.25, 0.3) is 0 Å². The van der Waals surface area contributed by atoms with E-state index in [9.17, 15) is 4.79 Å². The Morgan fingerprint density at radius 2 is 1.96 bits per heavy atom. The zero-order chi connectivity index (χ0) is 16.4. The molecule has 2 fully saturated rings. The topological polar surface area (TPSA) is 38.8 Å². The molecule has 0 aromatic heterocycles. The van der Waals surface area contributed by atoms with Gasteiger partial charge in [-0.05, 0) is 56.2 Å². The summed E-state index contributed by atoms with van der Waals surface area (Å²) in [5, 5.41) is 0. The number of amides is 1. The molecule has 0 bridgehead atoms. The van der Waals surface area contributed by atoms with Gasteiger partial charge in [0.1, 0.15) is 0 Å². The predicted octanol–water partition coefficient (Wildman–Crippen LogP) is 3.53. The summed E-state index contributed by atoms with van der Waals surface area (Å²) >= 11 is 0. The van der Waals surface area contributed by atoms with Crippen LogP contribution in [0.3, 0.4) is 0 Å². The van der Waals surface area contributed by atoms with Crippen molar-refractivity contribution >= 4 is 5.91 Å². The normalized spacial score (nSPS) is 22.6. The van der Waals surface area contributed by atoms with Gasteiger partial charge in [0.2, 0.25) is 5.91 Å². The predicted molar refractivity (Wildman–Crippen MR) is 90.1 cm³/mol. The summed E-state index contributed by atoms with van der Waals surface area (Å²) in [5.74, 6) is 1.73. The van der Waals surface area contributed by atoms with Crippen molar-refractivity contribution in [2.24, 2.45) is 0 Å². The van der Waals surface area contributed by atoms with E-state index in [2.05, 4.69) is 11.8 Å². The number of ether oxygens (including phenoxy) is 2. The lowest BCUT2D eigenvalue weighted by atomic mass is 9.90. The lowest BCUT2D eigenvalue weighted by Gasteiger charge is -2.38. The number of hydrogen-bond acceptors (Lipinski definition) is 3. The third kappa shape index (κ3) is 2.79. The summed E-state index contributed by atoms with van der Waals surface area (Å²) in [5.41, 5.74) is 0.741. The maximum absolute atomic E-state index is 13.3. The van der Waals surface area contributed by atoms with E-state index in [-0.39, 0.29) is 5.41 Å². The molecule has 1 aliphatic heterocycles. The first-order chi connectivity index (χ1) is 11.2. The van der Waals surface area contributed by atoms with Gasteiger partial charge < -0.3 is 14.4 Å². The molecule has 4 heteroatoms. The van der Waals surface area contributed by atoms with Crippen LogP contribution in [0.5, 0.6) is 11.5 Å². The lowest BCUT2D eigenvalue weighted by molar-refractivity contribution is -0.137. The lowest BCUT2D eigenvalue weighted by Crippen LogP contribution is -2.48. The van der Waals surface area contributed by atoms with Crippen molar-refractivity contribution in [3.05, 3.63) is 23.8 Å². The first-order valence-corrected chi connectivity index (χ1v) is 8.70. The molecule has 1 aromatic rings. The standard InChI is InChI=1S/C19H27NO3/c1-4-15-7-5-6-12-20(15)18(21)19(10-11-19)14-8-9-16(22-2)17(13-14)23-3/h8-9,13,15H,4-7,10-12H2,1-3H3. The van der Waals surface area contributed by atoms with Crippen molar-refractivity contribution in [3.8, 4) is 11.5 Å². The largest absolute Gasteiger partial charge is 0.493 e. The Morgan fingerprint density at radius 3 is 2.57 bits per heavy atom. The fourth-order valence-corrected chi connectivity index (χ4v) is 3.85. The summed E-state index contributed by atoms with van der Waals surface area (Å²) < 4.78 is 10.7. The van der Waals surface area contributed by atoms with E-state index >= 15 is 0 Å². The Labute approximate surface area is 138 Å². The quantitative estimate of drug-likeness (QED) is 0.834. The van der Waals surface area contributed by atoms with E-state index in [0.717, 1.165) is 44.2 Å². The highest BCUT2D eigenvalue weighted by Crippen LogP contribution is 2.51. The van der Waals surface area contributed by atoms with Gasteiger partial charge in [-0.15, -0.1) is 0 Å². The van der Waals surface area contributed by atoms with Crippen LogP contribution in [0.1, 0.15) is 51.0 Å². The number of nitrogens with zero attached hydrogens (tertiary/aromatic N) is 1. The molecule has 1 atom stereocenters. The van der Waals surface area contributed by atoms with Gasteiger partial charge in [0.25, 0.3) is 0 Å². The van der Waals surface area contributed by atoms with Crippen molar-refractivity contribution in [1.29, 1.82) is 0 Å². The molecule has 1 saturated carbocycles. The minimum Gasteiger partial charge on any atom is -0.493 e. The molecular formula is C19H27NO3. The molecule has 3 rings (SSSR count). The summed E-state index contributed by atoms with van der Waals surface area (Å²) in [4.78, 5) is 15.4. The Kier molecular flexibility index (Phi) is 4.51. The van der Waals surface area contributed by atoms with Crippen LogP contribution in [0.4, 0.5) is 0 Å². The highest BCUT2D eigenvalue weighted by molar-refractivity contribution is 5.91. The van der Waals surface area contributed by atoms with Gasteiger partial charge >= 0.3 is 0 Å².